The Morgan fingerprint density at radius 2 is 2.00 bits per heavy atom. The predicted octanol–water partition coefficient (Wildman–Crippen LogP) is 2.81. The average molecular weight is 271 g/mol. The number of hydrogen-bond donors (Lipinski definition) is 1. The van der Waals surface area contributed by atoms with Gasteiger partial charge in [0.2, 0.25) is 0 Å². The van der Waals surface area contributed by atoms with E-state index in [0.29, 0.717) is 13.2 Å². The molecule has 0 aliphatic carbocycles. The van der Waals surface area contributed by atoms with Crippen molar-refractivity contribution in [3.63, 3.8) is 0 Å². The molecule has 3 rings (SSSR count). The van der Waals surface area contributed by atoms with E-state index in [1.807, 2.05) is 25.1 Å². The second-order valence-corrected chi connectivity index (χ2v) is 4.71. The summed E-state index contributed by atoms with van der Waals surface area (Å²) in [4.78, 5) is 8.38. The minimum Gasteiger partial charge on any atom is -0.490 e. The van der Waals surface area contributed by atoms with Gasteiger partial charge in [-0.2, -0.15) is 0 Å². The first-order chi connectivity index (χ1) is 9.83. The van der Waals surface area contributed by atoms with Gasteiger partial charge < -0.3 is 14.8 Å². The maximum Gasteiger partial charge on any atom is 0.163 e. The van der Waals surface area contributed by atoms with E-state index in [1.165, 1.54) is 0 Å². The lowest BCUT2D eigenvalue weighted by molar-refractivity contribution is 0.297. The first-order valence-electron chi connectivity index (χ1n) is 6.75. The van der Waals surface area contributed by atoms with Gasteiger partial charge in [-0.15, -0.1) is 0 Å². The molecule has 5 nitrogen and oxygen atoms in total. The van der Waals surface area contributed by atoms with Crippen molar-refractivity contribution < 1.29 is 9.47 Å². The van der Waals surface area contributed by atoms with E-state index in [4.69, 9.17) is 9.47 Å². The Kier molecular flexibility index (Phi) is 3.67. The molecule has 1 aliphatic heterocycles. The van der Waals surface area contributed by atoms with Crippen LogP contribution in [0.2, 0.25) is 0 Å². The molecule has 1 unspecified atom stereocenters. The zero-order chi connectivity index (χ0) is 13.8. The summed E-state index contributed by atoms with van der Waals surface area (Å²) in [6, 6.07) is 5.97. The molecule has 1 atom stereocenters. The van der Waals surface area contributed by atoms with E-state index in [-0.39, 0.29) is 6.04 Å². The minimum absolute atomic E-state index is 0.0773. The average Bonchev–Trinajstić information content (AvgIpc) is 2.73. The van der Waals surface area contributed by atoms with Crippen LogP contribution in [0.3, 0.4) is 0 Å². The Balaban J connectivity index is 1.76. The van der Waals surface area contributed by atoms with E-state index in [2.05, 4.69) is 15.3 Å². The molecule has 1 N–H and O–H groups in total. The van der Waals surface area contributed by atoms with Crippen LogP contribution in [0.25, 0.3) is 0 Å². The van der Waals surface area contributed by atoms with Crippen LogP contribution in [0.1, 0.15) is 25.1 Å². The number of hydrogen-bond acceptors (Lipinski definition) is 5. The Morgan fingerprint density at radius 1 is 1.15 bits per heavy atom. The van der Waals surface area contributed by atoms with Crippen LogP contribution in [0.15, 0.2) is 36.8 Å². The van der Waals surface area contributed by atoms with Gasteiger partial charge in [-0.25, -0.2) is 0 Å². The highest BCUT2D eigenvalue weighted by molar-refractivity contribution is 5.55. The van der Waals surface area contributed by atoms with E-state index in [9.17, 15) is 0 Å². The summed E-state index contributed by atoms with van der Waals surface area (Å²) >= 11 is 0. The van der Waals surface area contributed by atoms with E-state index < -0.39 is 0 Å². The van der Waals surface area contributed by atoms with Crippen molar-refractivity contribution in [2.24, 2.45) is 0 Å². The fraction of sp³-hybridized carbons (Fsp3) is 0.333. The number of nitrogens with zero attached hydrogens (tertiary/aromatic N) is 2. The lowest BCUT2D eigenvalue weighted by Gasteiger charge is -2.16. The fourth-order valence-corrected chi connectivity index (χ4v) is 2.11. The van der Waals surface area contributed by atoms with Crippen molar-refractivity contribution >= 4 is 5.69 Å². The molecule has 0 fully saturated rings. The van der Waals surface area contributed by atoms with Crippen LogP contribution in [-0.2, 0) is 0 Å². The SMILES string of the molecule is CC(Nc1ccc2c(c1)OCCCO2)c1cnccn1. The van der Waals surface area contributed by atoms with Crippen molar-refractivity contribution in [2.45, 2.75) is 19.4 Å². The number of rotatable bonds is 3. The number of anilines is 1. The lowest BCUT2D eigenvalue weighted by atomic mass is 10.2. The highest BCUT2D eigenvalue weighted by atomic mass is 16.5. The van der Waals surface area contributed by atoms with Gasteiger partial charge in [-0.1, -0.05) is 0 Å². The Hall–Kier alpha value is -2.30. The third-order valence-electron chi connectivity index (χ3n) is 3.16. The normalized spacial score (nSPS) is 15.2. The topological polar surface area (TPSA) is 56.3 Å². The van der Waals surface area contributed by atoms with Gasteiger partial charge in [-0.05, 0) is 19.1 Å². The number of nitrogens with one attached hydrogen (secondary N) is 1. The third kappa shape index (κ3) is 2.82. The van der Waals surface area contributed by atoms with Crippen molar-refractivity contribution in [1.82, 2.24) is 9.97 Å². The Morgan fingerprint density at radius 3 is 2.80 bits per heavy atom. The van der Waals surface area contributed by atoms with E-state index in [0.717, 1.165) is 29.3 Å². The van der Waals surface area contributed by atoms with E-state index >= 15 is 0 Å². The molecule has 2 heterocycles. The van der Waals surface area contributed by atoms with Gasteiger partial charge in [0, 0.05) is 30.6 Å². The van der Waals surface area contributed by atoms with Crippen LogP contribution in [-0.4, -0.2) is 23.2 Å². The maximum absolute atomic E-state index is 5.68. The molecule has 2 aromatic rings. The highest BCUT2D eigenvalue weighted by Gasteiger charge is 2.12. The second kappa shape index (κ2) is 5.77. The molecule has 0 bridgehead atoms. The molecule has 104 valence electrons. The Bertz CT molecular complexity index is 575. The van der Waals surface area contributed by atoms with Gasteiger partial charge in [0.15, 0.2) is 11.5 Å². The molecular formula is C15H17N3O2. The smallest absolute Gasteiger partial charge is 0.163 e. The standard InChI is InChI=1S/C15H17N3O2/c1-11(13-10-16-5-6-17-13)18-12-3-4-14-15(9-12)20-8-2-7-19-14/h3-6,9-11,18H,2,7-8H2,1H3. The zero-order valence-electron chi connectivity index (χ0n) is 11.4. The summed E-state index contributed by atoms with van der Waals surface area (Å²) < 4.78 is 11.3. The molecule has 20 heavy (non-hydrogen) atoms. The van der Waals surface area contributed by atoms with Gasteiger partial charge in [-0.3, -0.25) is 9.97 Å². The van der Waals surface area contributed by atoms with Gasteiger partial charge >= 0.3 is 0 Å². The van der Waals surface area contributed by atoms with Crippen LogP contribution >= 0.6 is 0 Å². The molecule has 1 aromatic carbocycles. The summed E-state index contributed by atoms with van der Waals surface area (Å²) in [5, 5.41) is 3.39. The quantitative estimate of drug-likeness (QED) is 0.930. The number of aromatic nitrogens is 2. The predicted molar refractivity (Wildman–Crippen MR) is 76.1 cm³/mol. The van der Waals surface area contributed by atoms with Crippen LogP contribution in [0.4, 0.5) is 5.69 Å². The third-order valence-corrected chi connectivity index (χ3v) is 3.16. The first-order valence-corrected chi connectivity index (χ1v) is 6.75. The maximum atomic E-state index is 5.68. The summed E-state index contributed by atoms with van der Waals surface area (Å²) in [5.41, 5.74) is 1.88. The van der Waals surface area contributed by atoms with Gasteiger partial charge in [0.25, 0.3) is 0 Å². The van der Waals surface area contributed by atoms with Crippen molar-refractivity contribution in [2.75, 3.05) is 18.5 Å². The molecule has 5 heteroatoms. The summed E-state index contributed by atoms with van der Waals surface area (Å²) in [6.45, 7) is 3.44. The van der Waals surface area contributed by atoms with Crippen molar-refractivity contribution in [1.29, 1.82) is 0 Å². The molecule has 0 saturated heterocycles. The number of fused-ring (bicyclic) bond motifs is 1. The number of benzene rings is 1. The summed E-state index contributed by atoms with van der Waals surface area (Å²) in [6.07, 6.45) is 6.04. The van der Waals surface area contributed by atoms with Crippen molar-refractivity contribution in [3.8, 4) is 11.5 Å². The lowest BCUT2D eigenvalue weighted by Crippen LogP contribution is -2.08. The highest BCUT2D eigenvalue weighted by Crippen LogP contribution is 2.33. The summed E-state index contributed by atoms with van der Waals surface area (Å²) in [5.74, 6) is 1.60. The van der Waals surface area contributed by atoms with Gasteiger partial charge in [0.1, 0.15) is 0 Å². The van der Waals surface area contributed by atoms with Crippen LogP contribution in [0, 0.1) is 0 Å². The largest absolute Gasteiger partial charge is 0.490 e. The minimum atomic E-state index is 0.0773. The molecule has 0 spiro atoms. The Labute approximate surface area is 118 Å². The zero-order valence-corrected chi connectivity index (χ0v) is 11.4. The monoisotopic (exact) mass is 271 g/mol. The molecular weight excluding hydrogens is 254 g/mol. The second-order valence-electron chi connectivity index (χ2n) is 4.71. The van der Waals surface area contributed by atoms with Crippen LogP contribution < -0.4 is 14.8 Å². The summed E-state index contributed by atoms with van der Waals surface area (Å²) in [7, 11) is 0. The van der Waals surface area contributed by atoms with Crippen LogP contribution in [0.5, 0.6) is 11.5 Å². The first kappa shape index (κ1) is 12.7. The molecule has 0 amide bonds. The molecule has 0 radical (unpaired) electrons. The van der Waals surface area contributed by atoms with Gasteiger partial charge in [0.05, 0.1) is 31.1 Å². The molecule has 0 saturated carbocycles. The number of ether oxygens (including phenoxy) is 2. The van der Waals surface area contributed by atoms with E-state index in [1.54, 1.807) is 18.6 Å². The molecule has 1 aliphatic rings. The molecule has 1 aromatic heterocycles. The van der Waals surface area contributed by atoms with Crippen molar-refractivity contribution in [3.05, 3.63) is 42.5 Å². The fourth-order valence-electron chi connectivity index (χ4n) is 2.11.